The Kier molecular flexibility index (Phi) is 5.79. The monoisotopic (exact) mass is 392 g/mol. The zero-order valence-electron chi connectivity index (χ0n) is 16.7. The number of ether oxygens (including phenoxy) is 1. The Balaban J connectivity index is 1.28. The summed E-state index contributed by atoms with van der Waals surface area (Å²) in [6, 6.07) is 11.9. The Labute approximate surface area is 169 Å². The molecule has 1 fully saturated rings. The molecule has 0 spiro atoms. The quantitative estimate of drug-likeness (QED) is 0.410. The first kappa shape index (κ1) is 19.0. The fourth-order valence-electron chi connectivity index (χ4n) is 2.77. The van der Waals surface area contributed by atoms with Gasteiger partial charge in [-0.15, -0.1) is 5.10 Å². The molecule has 0 N–H and O–H groups in total. The SMILES string of the molecule is C/C(=N\OCc1ccc(C)cc1)c1ccc(OCc2nnnn2CC2CC2)nc1. The maximum absolute atomic E-state index is 5.73. The van der Waals surface area contributed by atoms with Gasteiger partial charge in [0, 0.05) is 24.4 Å². The number of oxime groups is 1. The van der Waals surface area contributed by atoms with Crippen molar-refractivity contribution in [2.75, 3.05) is 0 Å². The third-order valence-electron chi connectivity index (χ3n) is 4.79. The van der Waals surface area contributed by atoms with E-state index in [1.807, 2.05) is 35.9 Å². The molecule has 1 aromatic carbocycles. The zero-order chi connectivity index (χ0) is 20.1. The van der Waals surface area contributed by atoms with Crippen LogP contribution in [-0.4, -0.2) is 30.9 Å². The second-order valence-corrected chi connectivity index (χ2v) is 7.33. The summed E-state index contributed by atoms with van der Waals surface area (Å²) in [6.07, 6.45) is 4.22. The number of aromatic nitrogens is 5. The number of benzene rings is 1. The Bertz CT molecular complexity index is 962. The summed E-state index contributed by atoms with van der Waals surface area (Å²) in [5, 5.41) is 16.0. The molecule has 8 nitrogen and oxygen atoms in total. The van der Waals surface area contributed by atoms with Crippen molar-refractivity contribution >= 4 is 5.71 Å². The molecule has 0 saturated heterocycles. The van der Waals surface area contributed by atoms with Crippen LogP contribution in [0.2, 0.25) is 0 Å². The predicted molar refractivity (Wildman–Crippen MR) is 107 cm³/mol. The van der Waals surface area contributed by atoms with Crippen LogP contribution in [0.25, 0.3) is 0 Å². The average Bonchev–Trinajstić information content (AvgIpc) is 3.45. The van der Waals surface area contributed by atoms with E-state index < -0.39 is 0 Å². The lowest BCUT2D eigenvalue weighted by molar-refractivity contribution is 0.130. The molecule has 150 valence electrons. The van der Waals surface area contributed by atoms with E-state index in [9.17, 15) is 0 Å². The topological polar surface area (TPSA) is 87.3 Å². The van der Waals surface area contributed by atoms with Gasteiger partial charge >= 0.3 is 0 Å². The van der Waals surface area contributed by atoms with Crippen LogP contribution in [0.5, 0.6) is 5.88 Å². The van der Waals surface area contributed by atoms with Gasteiger partial charge in [-0.2, -0.15) is 0 Å². The van der Waals surface area contributed by atoms with Crippen molar-refractivity contribution in [3.63, 3.8) is 0 Å². The number of hydrogen-bond donors (Lipinski definition) is 0. The smallest absolute Gasteiger partial charge is 0.213 e. The van der Waals surface area contributed by atoms with Gasteiger partial charge in [-0.3, -0.25) is 0 Å². The van der Waals surface area contributed by atoms with E-state index in [0.29, 0.717) is 30.8 Å². The molecule has 8 heteroatoms. The van der Waals surface area contributed by atoms with E-state index in [1.54, 1.807) is 6.20 Å². The van der Waals surface area contributed by atoms with E-state index in [1.165, 1.54) is 18.4 Å². The molecule has 0 aliphatic heterocycles. The summed E-state index contributed by atoms with van der Waals surface area (Å²) in [7, 11) is 0. The Morgan fingerprint density at radius 1 is 1.14 bits per heavy atom. The average molecular weight is 392 g/mol. The normalized spacial score (nSPS) is 14.1. The standard InChI is InChI=1S/C21H24N6O2/c1-15-3-5-18(6-4-15)13-29-24-16(2)19-9-10-21(22-11-19)28-14-20-23-25-26-27(20)12-17-7-8-17/h3-6,9-11,17H,7-8,12-14H2,1-2H3/b24-16+. The van der Waals surface area contributed by atoms with Crippen LogP contribution in [-0.2, 0) is 24.6 Å². The number of hydrogen-bond acceptors (Lipinski definition) is 7. The summed E-state index contributed by atoms with van der Waals surface area (Å²) in [5.74, 6) is 1.93. The molecule has 4 rings (SSSR count). The van der Waals surface area contributed by atoms with Gasteiger partial charge in [-0.1, -0.05) is 35.0 Å². The van der Waals surface area contributed by atoms with Crippen molar-refractivity contribution in [2.45, 2.75) is 46.4 Å². The highest BCUT2D eigenvalue weighted by Gasteiger charge is 2.23. The van der Waals surface area contributed by atoms with Gasteiger partial charge in [0.05, 0.1) is 5.71 Å². The van der Waals surface area contributed by atoms with E-state index >= 15 is 0 Å². The number of aryl methyl sites for hydroxylation is 1. The molecule has 0 unspecified atom stereocenters. The van der Waals surface area contributed by atoms with Crippen molar-refractivity contribution in [3.8, 4) is 5.88 Å². The van der Waals surface area contributed by atoms with Gasteiger partial charge in [-0.05, 0) is 54.7 Å². The zero-order valence-corrected chi connectivity index (χ0v) is 16.7. The molecule has 2 aromatic heterocycles. The second kappa shape index (κ2) is 8.81. The molecule has 0 bridgehead atoms. The van der Waals surface area contributed by atoms with Crippen molar-refractivity contribution in [2.24, 2.45) is 11.1 Å². The molecular formula is C21H24N6O2. The van der Waals surface area contributed by atoms with E-state index in [2.05, 4.69) is 44.7 Å². The Hall–Kier alpha value is -3.29. The molecule has 0 amide bonds. The Morgan fingerprint density at radius 3 is 2.69 bits per heavy atom. The minimum absolute atomic E-state index is 0.290. The molecule has 1 aliphatic carbocycles. The van der Waals surface area contributed by atoms with Crippen molar-refractivity contribution in [1.82, 2.24) is 25.2 Å². The third kappa shape index (κ3) is 5.37. The number of rotatable bonds is 9. The first-order chi connectivity index (χ1) is 14.2. The van der Waals surface area contributed by atoms with Crippen molar-refractivity contribution < 1.29 is 9.57 Å². The maximum atomic E-state index is 5.73. The van der Waals surface area contributed by atoms with Gasteiger partial charge in [0.1, 0.15) is 6.61 Å². The van der Waals surface area contributed by atoms with Crippen LogP contribution in [0.4, 0.5) is 0 Å². The molecule has 3 aromatic rings. The van der Waals surface area contributed by atoms with Crippen molar-refractivity contribution in [1.29, 1.82) is 0 Å². The van der Waals surface area contributed by atoms with Crippen LogP contribution in [0.1, 0.15) is 42.3 Å². The highest BCUT2D eigenvalue weighted by molar-refractivity contribution is 5.98. The first-order valence-electron chi connectivity index (χ1n) is 9.74. The summed E-state index contributed by atoms with van der Waals surface area (Å²) in [5.41, 5.74) is 3.93. The van der Waals surface area contributed by atoms with Crippen LogP contribution >= 0.6 is 0 Å². The van der Waals surface area contributed by atoms with Crippen LogP contribution < -0.4 is 4.74 Å². The van der Waals surface area contributed by atoms with Gasteiger partial charge in [0.25, 0.3) is 0 Å². The predicted octanol–water partition coefficient (Wildman–Crippen LogP) is 3.31. The van der Waals surface area contributed by atoms with E-state index in [4.69, 9.17) is 9.57 Å². The summed E-state index contributed by atoms with van der Waals surface area (Å²) in [6.45, 7) is 5.53. The summed E-state index contributed by atoms with van der Waals surface area (Å²) >= 11 is 0. The number of nitrogens with zero attached hydrogens (tertiary/aromatic N) is 6. The van der Waals surface area contributed by atoms with Gasteiger partial charge in [0.2, 0.25) is 5.88 Å². The minimum Gasteiger partial charge on any atom is -0.469 e. The second-order valence-electron chi connectivity index (χ2n) is 7.33. The van der Waals surface area contributed by atoms with Gasteiger partial charge in [-0.25, -0.2) is 9.67 Å². The lowest BCUT2D eigenvalue weighted by atomic mass is 10.2. The molecule has 1 saturated carbocycles. The Morgan fingerprint density at radius 2 is 1.97 bits per heavy atom. The number of pyridine rings is 1. The number of tetrazole rings is 1. The lowest BCUT2D eigenvalue weighted by Gasteiger charge is -2.07. The minimum atomic E-state index is 0.290. The first-order valence-corrected chi connectivity index (χ1v) is 9.74. The third-order valence-corrected chi connectivity index (χ3v) is 4.79. The molecular weight excluding hydrogens is 368 g/mol. The van der Waals surface area contributed by atoms with Crippen LogP contribution in [0, 0.1) is 12.8 Å². The molecule has 1 aliphatic rings. The summed E-state index contributed by atoms with van der Waals surface area (Å²) in [4.78, 5) is 9.80. The lowest BCUT2D eigenvalue weighted by Crippen LogP contribution is -2.10. The highest BCUT2D eigenvalue weighted by Crippen LogP contribution is 2.30. The molecule has 0 atom stereocenters. The molecule has 29 heavy (non-hydrogen) atoms. The van der Waals surface area contributed by atoms with Gasteiger partial charge < -0.3 is 9.57 Å². The van der Waals surface area contributed by atoms with E-state index in [0.717, 1.165) is 23.4 Å². The van der Waals surface area contributed by atoms with E-state index in [-0.39, 0.29) is 0 Å². The fourth-order valence-corrected chi connectivity index (χ4v) is 2.77. The molecule has 2 heterocycles. The summed E-state index contributed by atoms with van der Waals surface area (Å²) < 4.78 is 7.54. The van der Waals surface area contributed by atoms with Crippen molar-refractivity contribution in [3.05, 3.63) is 65.1 Å². The highest BCUT2D eigenvalue weighted by atomic mass is 16.6. The van der Waals surface area contributed by atoms with Gasteiger partial charge in [0.15, 0.2) is 12.4 Å². The van der Waals surface area contributed by atoms with Crippen LogP contribution in [0.15, 0.2) is 47.8 Å². The van der Waals surface area contributed by atoms with Crippen LogP contribution in [0.3, 0.4) is 0 Å². The fraction of sp³-hybridized carbons (Fsp3) is 0.381. The largest absolute Gasteiger partial charge is 0.469 e. The maximum Gasteiger partial charge on any atom is 0.213 e. The molecule has 0 radical (unpaired) electrons.